The molecule has 0 amide bonds. The summed E-state index contributed by atoms with van der Waals surface area (Å²) in [6, 6.07) is 8.23. The first-order valence-corrected chi connectivity index (χ1v) is 11.7. The molecule has 0 radical (unpaired) electrons. The maximum Gasteiger partial charge on any atom is 0.339 e. The van der Waals surface area contributed by atoms with Gasteiger partial charge in [0.2, 0.25) is 0 Å². The molecule has 3 nitrogen and oxygen atoms in total. The Labute approximate surface area is 173 Å². The van der Waals surface area contributed by atoms with Crippen LogP contribution < -0.4 is 0 Å². The van der Waals surface area contributed by atoms with Crippen LogP contribution in [0.5, 0.6) is 0 Å². The lowest BCUT2D eigenvalue weighted by Crippen LogP contribution is -2.12. The molecule has 0 bridgehead atoms. The summed E-state index contributed by atoms with van der Waals surface area (Å²) >= 11 is 1.62. The summed E-state index contributed by atoms with van der Waals surface area (Å²) < 4.78 is 5.20. The van der Waals surface area contributed by atoms with Gasteiger partial charge in [-0.2, -0.15) is 0 Å². The van der Waals surface area contributed by atoms with Gasteiger partial charge in [0.15, 0.2) is 0 Å². The molecule has 1 aliphatic carbocycles. The number of thioether (sulfide) groups is 1. The van der Waals surface area contributed by atoms with Crippen LogP contribution in [0.3, 0.4) is 0 Å². The third-order valence-corrected chi connectivity index (χ3v) is 6.43. The van der Waals surface area contributed by atoms with E-state index in [0.717, 1.165) is 41.8 Å². The molecule has 1 aromatic carbocycles. The van der Waals surface area contributed by atoms with Crippen LogP contribution in [-0.4, -0.2) is 24.3 Å². The molecule has 0 unspecified atom stereocenters. The average Bonchev–Trinajstić information content (AvgIpc) is 2.73. The van der Waals surface area contributed by atoms with Gasteiger partial charge < -0.3 is 4.74 Å². The van der Waals surface area contributed by atoms with Crippen molar-refractivity contribution in [2.75, 3.05) is 13.4 Å². The zero-order valence-corrected chi connectivity index (χ0v) is 17.9. The highest BCUT2D eigenvalue weighted by molar-refractivity contribution is 7.98. The molecule has 0 saturated heterocycles. The highest BCUT2D eigenvalue weighted by atomic mass is 32.2. The van der Waals surface area contributed by atoms with Crippen molar-refractivity contribution >= 4 is 17.7 Å². The fraction of sp³-hybridized carbons (Fsp3) is 0.500. The van der Waals surface area contributed by atoms with Crippen LogP contribution >= 0.6 is 11.8 Å². The van der Waals surface area contributed by atoms with E-state index >= 15 is 0 Å². The number of esters is 1. The van der Waals surface area contributed by atoms with Crippen LogP contribution in [0.25, 0.3) is 11.3 Å². The molecule has 150 valence electrons. The molecule has 3 rings (SSSR count). The van der Waals surface area contributed by atoms with Gasteiger partial charge in [-0.05, 0) is 61.3 Å². The van der Waals surface area contributed by atoms with Gasteiger partial charge in [0.25, 0.3) is 0 Å². The van der Waals surface area contributed by atoms with E-state index in [-0.39, 0.29) is 5.97 Å². The second-order valence-corrected chi connectivity index (χ2v) is 8.34. The molecular formula is C24H31NO2S. The average molecular weight is 398 g/mol. The molecule has 4 heteroatoms. The molecule has 0 saturated carbocycles. The van der Waals surface area contributed by atoms with E-state index in [9.17, 15) is 4.79 Å². The Morgan fingerprint density at radius 3 is 2.18 bits per heavy atom. The Morgan fingerprint density at radius 1 is 0.964 bits per heavy atom. The minimum absolute atomic E-state index is 0.208. The maximum atomic E-state index is 12.7. The first-order valence-electron chi connectivity index (χ1n) is 10.5. The monoisotopic (exact) mass is 397 g/mol. The van der Waals surface area contributed by atoms with Crippen molar-refractivity contribution in [2.45, 2.75) is 69.1 Å². The quantitative estimate of drug-likeness (QED) is 0.439. The van der Waals surface area contributed by atoms with Gasteiger partial charge in [0, 0.05) is 16.7 Å². The highest BCUT2D eigenvalue weighted by Crippen LogP contribution is 2.37. The number of rotatable bonds is 3. The predicted octanol–water partition coefficient (Wildman–Crippen LogP) is 6.48. The van der Waals surface area contributed by atoms with Crippen LogP contribution in [0.15, 0.2) is 35.4 Å². The number of ether oxygens (including phenoxy) is 1. The van der Waals surface area contributed by atoms with Gasteiger partial charge in [-0.15, -0.1) is 11.8 Å². The Bertz CT molecular complexity index is 789. The van der Waals surface area contributed by atoms with Crippen molar-refractivity contribution in [3.05, 3.63) is 47.2 Å². The standard InChI is InChI=1S/C24H31NO2S/c1-27-24(26)23-19-14-10-8-6-4-3-5-7-9-13-18(19)20(17-22(23)28-2)21-15-11-12-16-25-21/h11-12,15-17H,3-10,13-14H2,1-2H3. The Balaban J connectivity index is 2.17. The Morgan fingerprint density at radius 2 is 1.61 bits per heavy atom. The normalized spacial score (nSPS) is 15.8. The number of benzene rings is 1. The van der Waals surface area contributed by atoms with Gasteiger partial charge in [0.1, 0.15) is 0 Å². The predicted molar refractivity (Wildman–Crippen MR) is 117 cm³/mol. The minimum Gasteiger partial charge on any atom is -0.465 e. The zero-order chi connectivity index (χ0) is 19.8. The maximum absolute atomic E-state index is 12.7. The first-order chi connectivity index (χ1) is 13.8. The molecule has 0 fully saturated rings. The lowest BCUT2D eigenvalue weighted by atomic mass is 9.87. The number of hydrogen-bond acceptors (Lipinski definition) is 4. The summed E-state index contributed by atoms with van der Waals surface area (Å²) in [5.74, 6) is -0.208. The number of hydrogen-bond donors (Lipinski definition) is 0. The van der Waals surface area contributed by atoms with Gasteiger partial charge >= 0.3 is 5.97 Å². The summed E-state index contributed by atoms with van der Waals surface area (Å²) in [7, 11) is 1.49. The second-order valence-electron chi connectivity index (χ2n) is 7.49. The number of pyridine rings is 1. The highest BCUT2D eigenvalue weighted by Gasteiger charge is 2.24. The molecule has 1 aliphatic rings. The van der Waals surface area contributed by atoms with Crippen LogP contribution in [0.4, 0.5) is 0 Å². The zero-order valence-electron chi connectivity index (χ0n) is 17.1. The van der Waals surface area contributed by atoms with Gasteiger partial charge in [-0.25, -0.2) is 4.79 Å². The second kappa shape index (κ2) is 10.7. The van der Waals surface area contributed by atoms with Crippen LogP contribution in [-0.2, 0) is 17.6 Å². The van der Waals surface area contributed by atoms with Crippen LogP contribution in [0, 0.1) is 0 Å². The number of fused-ring (bicyclic) bond motifs is 1. The molecule has 0 spiro atoms. The lowest BCUT2D eigenvalue weighted by Gasteiger charge is -2.21. The van der Waals surface area contributed by atoms with Gasteiger partial charge in [0.05, 0.1) is 18.4 Å². The summed E-state index contributed by atoms with van der Waals surface area (Å²) in [6.07, 6.45) is 15.9. The van der Waals surface area contributed by atoms with E-state index in [1.54, 1.807) is 11.8 Å². The summed E-state index contributed by atoms with van der Waals surface area (Å²) in [6.45, 7) is 0. The molecule has 1 aromatic heterocycles. The molecule has 28 heavy (non-hydrogen) atoms. The summed E-state index contributed by atoms with van der Waals surface area (Å²) in [4.78, 5) is 18.4. The molecule has 0 aliphatic heterocycles. The van der Waals surface area contributed by atoms with Crippen molar-refractivity contribution in [3.8, 4) is 11.3 Å². The minimum atomic E-state index is -0.208. The third-order valence-electron chi connectivity index (χ3n) is 5.67. The molecular weight excluding hydrogens is 366 g/mol. The molecule has 0 atom stereocenters. The Hall–Kier alpha value is -1.81. The van der Waals surface area contributed by atoms with E-state index < -0.39 is 0 Å². The van der Waals surface area contributed by atoms with Crippen LogP contribution in [0.1, 0.15) is 72.9 Å². The lowest BCUT2D eigenvalue weighted by molar-refractivity contribution is 0.0595. The molecule has 0 N–H and O–H groups in total. The third kappa shape index (κ3) is 4.96. The smallest absolute Gasteiger partial charge is 0.339 e. The van der Waals surface area contributed by atoms with E-state index in [0.29, 0.717) is 0 Å². The van der Waals surface area contributed by atoms with Crippen molar-refractivity contribution in [1.82, 2.24) is 4.98 Å². The van der Waals surface area contributed by atoms with E-state index in [1.807, 2.05) is 24.6 Å². The summed E-state index contributed by atoms with van der Waals surface area (Å²) in [5, 5.41) is 0. The van der Waals surface area contributed by atoms with Gasteiger partial charge in [-0.3, -0.25) is 4.98 Å². The Kier molecular flexibility index (Phi) is 7.96. The van der Waals surface area contributed by atoms with Gasteiger partial charge in [-0.1, -0.05) is 44.6 Å². The first kappa shape index (κ1) is 20.9. The summed E-state index contributed by atoms with van der Waals surface area (Å²) in [5.41, 5.74) is 5.46. The van der Waals surface area contributed by atoms with E-state index in [4.69, 9.17) is 4.74 Å². The van der Waals surface area contributed by atoms with Crippen molar-refractivity contribution < 1.29 is 9.53 Å². The van der Waals surface area contributed by atoms with Crippen molar-refractivity contribution in [3.63, 3.8) is 0 Å². The van der Waals surface area contributed by atoms with E-state index in [2.05, 4.69) is 17.1 Å². The number of carbonyl (C=O) groups is 1. The van der Waals surface area contributed by atoms with E-state index in [1.165, 1.54) is 62.3 Å². The van der Waals surface area contributed by atoms with Crippen molar-refractivity contribution in [1.29, 1.82) is 0 Å². The number of aromatic nitrogens is 1. The number of nitrogens with zero attached hydrogens (tertiary/aromatic N) is 1. The van der Waals surface area contributed by atoms with Crippen molar-refractivity contribution in [2.24, 2.45) is 0 Å². The largest absolute Gasteiger partial charge is 0.465 e. The number of methoxy groups -OCH3 is 1. The fourth-order valence-electron chi connectivity index (χ4n) is 4.22. The molecule has 1 heterocycles. The SMILES string of the molecule is COC(=O)c1c(SC)cc(-c2ccccn2)c2c1CCCCCCCCCC2. The topological polar surface area (TPSA) is 39.2 Å². The number of carbonyl (C=O) groups excluding carboxylic acids is 1. The fourth-order valence-corrected chi connectivity index (χ4v) is 4.86. The van der Waals surface area contributed by atoms with Crippen LogP contribution in [0.2, 0.25) is 0 Å². The molecule has 2 aromatic rings.